The van der Waals surface area contributed by atoms with Gasteiger partial charge in [0, 0.05) is 11.1 Å². The zero-order valence-electron chi connectivity index (χ0n) is 10.5. The van der Waals surface area contributed by atoms with Gasteiger partial charge in [0.25, 0.3) is 0 Å². The van der Waals surface area contributed by atoms with E-state index in [0.29, 0.717) is 6.54 Å². The Kier molecular flexibility index (Phi) is 3.39. The molecule has 1 aromatic heterocycles. The molecule has 0 spiro atoms. The van der Waals surface area contributed by atoms with Gasteiger partial charge in [-0.3, -0.25) is 0 Å². The molecule has 0 aliphatic carbocycles. The van der Waals surface area contributed by atoms with E-state index in [1.807, 2.05) is 24.3 Å². The number of nitrogens with one attached hydrogen (secondary N) is 1. The van der Waals surface area contributed by atoms with Gasteiger partial charge in [-0.25, -0.2) is 9.97 Å². The molecule has 4 nitrogen and oxygen atoms in total. The number of anilines is 1. The highest BCUT2D eigenvalue weighted by atomic mass is 35.5. The van der Waals surface area contributed by atoms with Gasteiger partial charge in [0.1, 0.15) is 5.75 Å². The molecular formula is C15H12ClN3O. The second-order valence-electron chi connectivity index (χ2n) is 4.36. The Bertz CT molecular complexity index is 744. The summed E-state index contributed by atoms with van der Waals surface area (Å²) >= 11 is 5.94. The molecule has 0 saturated heterocycles. The fourth-order valence-corrected chi connectivity index (χ4v) is 2.20. The fraction of sp³-hybridized carbons (Fsp3) is 0.0667. The van der Waals surface area contributed by atoms with Gasteiger partial charge in [-0.2, -0.15) is 0 Å². The van der Waals surface area contributed by atoms with Crippen LogP contribution in [0.15, 0.2) is 48.5 Å². The third-order valence-electron chi connectivity index (χ3n) is 2.98. The molecule has 0 bridgehead atoms. The molecule has 100 valence electrons. The summed E-state index contributed by atoms with van der Waals surface area (Å²) in [5.41, 5.74) is 2.57. The van der Waals surface area contributed by atoms with Crippen molar-refractivity contribution in [3.63, 3.8) is 0 Å². The van der Waals surface area contributed by atoms with Crippen LogP contribution in [-0.2, 0) is 6.54 Å². The lowest BCUT2D eigenvalue weighted by Gasteiger charge is -2.09. The Morgan fingerprint density at radius 2 is 1.75 bits per heavy atom. The van der Waals surface area contributed by atoms with Crippen LogP contribution in [0, 0.1) is 0 Å². The van der Waals surface area contributed by atoms with E-state index in [0.717, 1.165) is 22.3 Å². The first-order chi connectivity index (χ1) is 9.72. The predicted molar refractivity (Wildman–Crippen MR) is 80.0 cm³/mol. The number of phenols is 1. The third-order valence-corrected chi connectivity index (χ3v) is 3.15. The molecule has 0 fully saturated rings. The van der Waals surface area contributed by atoms with Crippen LogP contribution in [0.4, 0.5) is 5.69 Å². The third kappa shape index (κ3) is 2.65. The maximum absolute atomic E-state index is 9.25. The monoisotopic (exact) mass is 285 g/mol. The summed E-state index contributed by atoms with van der Waals surface area (Å²) < 4.78 is 0. The number of fused-ring (bicyclic) bond motifs is 1. The molecule has 20 heavy (non-hydrogen) atoms. The van der Waals surface area contributed by atoms with E-state index in [1.165, 1.54) is 0 Å². The molecule has 3 aromatic rings. The Hall–Kier alpha value is -2.33. The molecule has 0 radical (unpaired) electrons. The van der Waals surface area contributed by atoms with Crippen molar-refractivity contribution in [3.05, 3.63) is 59.5 Å². The van der Waals surface area contributed by atoms with Crippen molar-refractivity contribution in [1.82, 2.24) is 9.97 Å². The zero-order chi connectivity index (χ0) is 13.9. The average Bonchev–Trinajstić information content (AvgIpc) is 2.46. The molecule has 2 N–H and O–H groups in total. The maximum atomic E-state index is 9.25. The van der Waals surface area contributed by atoms with Gasteiger partial charge in [-0.1, -0.05) is 18.2 Å². The molecule has 0 unspecified atom stereocenters. The number of halogens is 1. The number of phenolic OH excluding ortho intramolecular Hbond substituents is 1. The maximum Gasteiger partial charge on any atom is 0.223 e. The van der Waals surface area contributed by atoms with E-state index in [4.69, 9.17) is 11.6 Å². The number of aromatic hydroxyl groups is 1. The summed E-state index contributed by atoms with van der Waals surface area (Å²) in [4.78, 5) is 8.47. The van der Waals surface area contributed by atoms with Gasteiger partial charge in [0.05, 0.1) is 17.8 Å². The summed E-state index contributed by atoms with van der Waals surface area (Å²) in [6, 6.07) is 14.6. The van der Waals surface area contributed by atoms with Gasteiger partial charge < -0.3 is 10.4 Å². The summed E-state index contributed by atoms with van der Waals surface area (Å²) in [6.45, 7) is 0.535. The number of hydrogen-bond acceptors (Lipinski definition) is 4. The largest absolute Gasteiger partial charge is 0.508 e. The number of aromatic nitrogens is 2. The van der Waals surface area contributed by atoms with Crippen LogP contribution < -0.4 is 5.32 Å². The second-order valence-corrected chi connectivity index (χ2v) is 4.69. The molecule has 3 rings (SSSR count). The van der Waals surface area contributed by atoms with Crippen molar-refractivity contribution >= 4 is 28.2 Å². The highest BCUT2D eigenvalue weighted by Gasteiger charge is 2.06. The first kappa shape index (κ1) is 12.7. The summed E-state index contributed by atoms with van der Waals surface area (Å²) in [7, 11) is 0. The van der Waals surface area contributed by atoms with E-state index in [1.54, 1.807) is 24.3 Å². The standard InChI is InChI=1S/C15H12ClN3O/c16-15-18-13-4-2-1-3-12(13)14(19-15)9-17-10-5-7-11(20)8-6-10/h1-8,17,20H,9H2. The van der Waals surface area contributed by atoms with Crippen LogP contribution >= 0.6 is 11.6 Å². The van der Waals surface area contributed by atoms with E-state index < -0.39 is 0 Å². The quantitative estimate of drug-likeness (QED) is 0.570. The topological polar surface area (TPSA) is 58.0 Å². The van der Waals surface area contributed by atoms with E-state index >= 15 is 0 Å². The highest BCUT2D eigenvalue weighted by molar-refractivity contribution is 6.28. The molecule has 0 amide bonds. The van der Waals surface area contributed by atoms with E-state index in [9.17, 15) is 5.11 Å². The van der Waals surface area contributed by atoms with Gasteiger partial charge >= 0.3 is 0 Å². The predicted octanol–water partition coefficient (Wildman–Crippen LogP) is 3.60. The molecule has 2 aromatic carbocycles. The molecule has 0 aliphatic rings. The first-order valence-corrected chi connectivity index (χ1v) is 6.54. The number of para-hydroxylation sites is 1. The Labute approximate surface area is 121 Å². The van der Waals surface area contributed by atoms with Crippen molar-refractivity contribution in [2.75, 3.05) is 5.32 Å². The van der Waals surface area contributed by atoms with Gasteiger partial charge in [-0.15, -0.1) is 0 Å². The minimum atomic E-state index is 0.242. The van der Waals surface area contributed by atoms with Gasteiger partial charge in [0.15, 0.2) is 0 Å². The van der Waals surface area contributed by atoms with Crippen molar-refractivity contribution in [3.8, 4) is 5.75 Å². The van der Waals surface area contributed by atoms with Crippen LogP contribution in [0.5, 0.6) is 5.75 Å². The minimum Gasteiger partial charge on any atom is -0.508 e. The van der Waals surface area contributed by atoms with Crippen LogP contribution in [0.3, 0.4) is 0 Å². The summed E-state index contributed by atoms with van der Waals surface area (Å²) in [5, 5.41) is 13.7. The Morgan fingerprint density at radius 1 is 1.00 bits per heavy atom. The van der Waals surface area contributed by atoms with Crippen LogP contribution in [-0.4, -0.2) is 15.1 Å². The summed E-state index contributed by atoms with van der Waals surface area (Å²) in [5.74, 6) is 0.242. The van der Waals surface area contributed by atoms with Crippen molar-refractivity contribution < 1.29 is 5.11 Å². The van der Waals surface area contributed by atoms with Crippen LogP contribution in [0.2, 0.25) is 5.28 Å². The molecule has 0 atom stereocenters. The lowest BCUT2D eigenvalue weighted by atomic mass is 10.2. The molecular weight excluding hydrogens is 274 g/mol. The number of nitrogens with zero attached hydrogens (tertiary/aromatic N) is 2. The number of hydrogen-bond donors (Lipinski definition) is 2. The average molecular weight is 286 g/mol. The smallest absolute Gasteiger partial charge is 0.223 e. The fourth-order valence-electron chi connectivity index (χ4n) is 2.01. The van der Waals surface area contributed by atoms with Crippen molar-refractivity contribution in [1.29, 1.82) is 0 Å². The van der Waals surface area contributed by atoms with E-state index in [-0.39, 0.29) is 11.0 Å². The molecule has 1 heterocycles. The van der Waals surface area contributed by atoms with Crippen LogP contribution in [0.1, 0.15) is 5.69 Å². The SMILES string of the molecule is Oc1ccc(NCc2nc(Cl)nc3ccccc23)cc1. The normalized spacial score (nSPS) is 10.7. The lowest BCUT2D eigenvalue weighted by Crippen LogP contribution is -2.03. The van der Waals surface area contributed by atoms with E-state index in [2.05, 4.69) is 15.3 Å². The van der Waals surface area contributed by atoms with Crippen molar-refractivity contribution in [2.24, 2.45) is 0 Å². The van der Waals surface area contributed by atoms with Crippen molar-refractivity contribution in [2.45, 2.75) is 6.54 Å². The minimum absolute atomic E-state index is 0.242. The summed E-state index contributed by atoms with van der Waals surface area (Å²) in [6.07, 6.45) is 0. The second kappa shape index (κ2) is 5.35. The number of rotatable bonds is 3. The van der Waals surface area contributed by atoms with Gasteiger partial charge in [-0.05, 0) is 41.9 Å². The molecule has 0 aliphatic heterocycles. The lowest BCUT2D eigenvalue weighted by molar-refractivity contribution is 0.475. The Balaban J connectivity index is 1.88. The Morgan fingerprint density at radius 3 is 2.55 bits per heavy atom. The number of benzene rings is 2. The van der Waals surface area contributed by atoms with Crippen LogP contribution in [0.25, 0.3) is 10.9 Å². The molecule has 0 saturated carbocycles. The first-order valence-electron chi connectivity index (χ1n) is 6.16. The van der Waals surface area contributed by atoms with Gasteiger partial charge in [0.2, 0.25) is 5.28 Å². The highest BCUT2D eigenvalue weighted by Crippen LogP contribution is 2.19. The zero-order valence-corrected chi connectivity index (χ0v) is 11.3. The molecule has 5 heteroatoms.